The first-order chi connectivity index (χ1) is 13.8. The molecule has 0 bridgehead atoms. The van der Waals surface area contributed by atoms with E-state index < -0.39 is 0 Å². The Labute approximate surface area is 164 Å². The number of piperazine rings is 1. The molecule has 2 aromatic heterocycles. The van der Waals surface area contributed by atoms with Gasteiger partial charge in [-0.25, -0.2) is 0 Å². The fraction of sp³-hybridized carbons (Fsp3) is 0.273. The number of carbonyl (C=O) groups is 1. The molecule has 3 N–H and O–H groups in total. The van der Waals surface area contributed by atoms with Crippen LogP contribution < -0.4 is 15.5 Å². The van der Waals surface area contributed by atoms with E-state index in [1.165, 1.54) is 5.69 Å². The van der Waals surface area contributed by atoms with Crippen LogP contribution in [-0.2, 0) is 6.42 Å². The lowest BCUT2D eigenvalue weighted by molar-refractivity contribution is 0.0946. The zero-order chi connectivity index (χ0) is 18.9. The number of pyridine rings is 1. The van der Waals surface area contributed by atoms with E-state index in [4.69, 9.17) is 0 Å². The number of nitrogens with zero attached hydrogens (tertiary/aromatic N) is 2. The molecule has 1 amide bonds. The Bertz CT molecular complexity index is 1000. The normalized spacial score (nSPS) is 16.6. The maximum Gasteiger partial charge on any atom is 0.253 e. The molecule has 2 aliphatic rings. The maximum atomic E-state index is 12.0. The van der Waals surface area contributed by atoms with Gasteiger partial charge in [0.15, 0.2) is 0 Å². The van der Waals surface area contributed by atoms with Crippen LogP contribution in [0.4, 0.5) is 5.69 Å². The molecule has 4 heterocycles. The van der Waals surface area contributed by atoms with Crippen molar-refractivity contribution in [1.82, 2.24) is 20.6 Å². The van der Waals surface area contributed by atoms with Crippen molar-refractivity contribution in [2.24, 2.45) is 0 Å². The molecule has 0 unspecified atom stereocenters. The summed E-state index contributed by atoms with van der Waals surface area (Å²) >= 11 is 0. The van der Waals surface area contributed by atoms with Gasteiger partial charge >= 0.3 is 0 Å². The predicted octanol–water partition coefficient (Wildman–Crippen LogP) is 2.44. The number of aromatic nitrogens is 2. The summed E-state index contributed by atoms with van der Waals surface area (Å²) in [5, 5.41) is 6.28. The van der Waals surface area contributed by atoms with Gasteiger partial charge in [-0.05, 0) is 30.3 Å². The molecular formula is C22H23N5O. The molecule has 0 radical (unpaired) electrons. The number of benzene rings is 1. The second-order valence-corrected chi connectivity index (χ2v) is 7.29. The van der Waals surface area contributed by atoms with Gasteiger partial charge in [0.1, 0.15) is 0 Å². The zero-order valence-corrected chi connectivity index (χ0v) is 15.7. The van der Waals surface area contributed by atoms with Gasteiger partial charge in [-0.2, -0.15) is 0 Å². The first-order valence-electron chi connectivity index (χ1n) is 9.80. The average Bonchev–Trinajstić information content (AvgIpc) is 3.21. The minimum Gasteiger partial charge on any atom is -0.369 e. The summed E-state index contributed by atoms with van der Waals surface area (Å²) in [6, 6.07) is 14.6. The van der Waals surface area contributed by atoms with Gasteiger partial charge in [-0.3, -0.25) is 9.78 Å². The van der Waals surface area contributed by atoms with Crippen molar-refractivity contribution in [3.8, 4) is 22.5 Å². The molecule has 1 aromatic carbocycles. The number of aromatic amines is 1. The fourth-order valence-electron chi connectivity index (χ4n) is 3.97. The van der Waals surface area contributed by atoms with E-state index in [1.54, 1.807) is 0 Å². The Morgan fingerprint density at radius 1 is 0.929 bits per heavy atom. The number of fused-ring (bicyclic) bond motifs is 1. The van der Waals surface area contributed by atoms with E-state index in [1.807, 2.05) is 18.3 Å². The third-order valence-electron chi connectivity index (χ3n) is 5.52. The molecule has 5 rings (SSSR count). The van der Waals surface area contributed by atoms with E-state index in [9.17, 15) is 4.79 Å². The SMILES string of the molecule is O=C1NCCc2[nH]c(-c3ccnc(-c4ccc(N5CCNCC5)cc4)c3)cc21. The first kappa shape index (κ1) is 17.0. The van der Waals surface area contributed by atoms with Crippen LogP contribution in [0.25, 0.3) is 22.5 Å². The second kappa shape index (κ2) is 7.13. The minimum atomic E-state index is 0.00142. The van der Waals surface area contributed by atoms with Gasteiger partial charge in [-0.1, -0.05) is 12.1 Å². The van der Waals surface area contributed by atoms with Crippen LogP contribution in [0.2, 0.25) is 0 Å². The van der Waals surface area contributed by atoms with Crippen molar-refractivity contribution in [1.29, 1.82) is 0 Å². The van der Waals surface area contributed by atoms with Gasteiger partial charge in [0.25, 0.3) is 5.91 Å². The first-order valence-corrected chi connectivity index (χ1v) is 9.80. The van der Waals surface area contributed by atoms with E-state index in [2.05, 4.69) is 55.8 Å². The molecule has 0 spiro atoms. The number of amides is 1. The lowest BCUT2D eigenvalue weighted by atomic mass is 10.1. The van der Waals surface area contributed by atoms with Crippen molar-refractivity contribution in [3.05, 3.63) is 59.9 Å². The Kier molecular flexibility index (Phi) is 4.33. The molecule has 0 atom stereocenters. The molecule has 6 heteroatoms. The highest BCUT2D eigenvalue weighted by atomic mass is 16.1. The molecule has 3 aromatic rings. The summed E-state index contributed by atoms with van der Waals surface area (Å²) in [5.41, 5.74) is 7.04. The Balaban J connectivity index is 1.42. The number of rotatable bonds is 3. The number of hydrogen-bond acceptors (Lipinski definition) is 4. The van der Waals surface area contributed by atoms with E-state index >= 15 is 0 Å². The standard InChI is InChI=1S/C22H23N5O/c28-22-18-14-21(26-19(18)6-8-25-22)16-5-7-24-20(13-16)15-1-3-17(4-2-15)27-11-9-23-10-12-27/h1-5,7,13-14,23,26H,6,8-12H2,(H,25,28). The van der Waals surface area contributed by atoms with Crippen LogP contribution in [-0.4, -0.2) is 48.6 Å². The van der Waals surface area contributed by atoms with Gasteiger partial charge in [0.2, 0.25) is 0 Å². The van der Waals surface area contributed by atoms with Crippen molar-refractivity contribution in [2.75, 3.05) is 37.6 Å². The summed E-state index contributed by atoms with van der Waals surface area (Å²) in [6.45, 7) is 4.83. The van der Waals surface area contributed by atoms with Crippen LogP contribution >= 0.6 is 0 Å². The summed E-state index contributed by atoms with van der Waals surface area (Å²) in [5.74, 6) is 0.00142. The Morgan fingerprint density at radius 3 is 2.54 bits per heavy atom. The number of H-pyrrole nitrogens is 1. The number of carbonyl (C=O) groups excluding carboxylic acids is 1. The molecule has 1 fully saturated rings. The van der Waals surface area contributed by atoms with E-state index in [-0.39, 0.29) is 5.91 Å². The summed E-state index contributed by atoms with van der Waals surface area (Å²) in [7, 11) is 0. The lowest BCUT2D eigenvalue weighted by Gasteiger charge is -2.29. The minimum absolute atomic E-state index is 0.00142. The van der Waals surface area contributed by atoms with Crippen LogP contribution in [0, 0.1) is 0 Å². The van der Waals surface area contributed by atoms with Crippen LogP contribution in [0.1, 0.15) is 16.1 Å². The summed E-state index contributed by atoms with van der Waals surface area (Å²) in [4.78, 5) is 22.4. The maximum absolute atomic E-state index is 12.0. The highest BCUT2D eigenvalue weighted by Gasteiger charge is 2.20. The largest absolute Gasteiger partial charge is 0.369 e. The number of hydrogen-bond donors (Lipinski definition) is 3. The highest BCUT2D eigenvalue weighted by molar-refractivity contribution is 5.97. The topological polar surface area (TPSA) is 73.0 Å². The Morgan fingerprint density at radius 2 is 1.75 bits per heavy atom. The lowest BCUT2D eigenvalue weighted by Crippen LogP contribution is -2.43. The molecular weight excluding hydrogens is 350 g/mol. The summed E-state index contributed by atoms with van der Waals surface area (Å²) < 4.78 is 0. The number of anilines is 1. The predicted molar refractivity (Wildman–Crippen MR) is 111 cm³/mol. The molecule has 6 nitrogen and oxygen atoms in total. The monoisotopic (exact) mass is 373 g/mol. The van der Waals surface area contributed by atoms with Gasteiger partial charge in [0, 0.05) is 73.5 Å². The summed E-state index contributed by atoms with van der Waals surface area (Å²) in [6.07, 6.45) is 2.67. The highest BCUT2D eigenvalue weighted by Crippen LogP contribution is 2.28. The third kappa shape index (κ3) is 3.16. The second-order valence-electron chi connectivity index (χ2n) is 7.29. The van der Waals surface area contributed by atoms with Crippen LogP contribution in [0.3, 0.4) is 0 Å². The molecule has 0 saturated carbocycles. The van der Waals surface area contributed by atoms with Crippen molar-refractivity contribution in [3.63, 3.8) is 0 Å². The van der Waals surface area contributed by atoms with Crippen LogP contribution in [0.5, 0.6) is 0 Å². The zero-order valence-electron chi connectivity index (χ0n) is 15.7. The Hall–Kier alpha value is -3.12. The molecule has 2 aliphatic heterocycles. The van der Waals surface area contributed by atoms with Gasteiger partial charge in [0.05, 0.1) is 11.3 Å². The third-order valence-corrected chi connectivity index (χ3v) is 5.52. The van der Waals surface area contributed by atoms with Crippen molar-refractivity contribution in [2.45, 2.75) is 6.42 Å². The van der Waals surface area contributed by atoms with Gasteiger partial charge < -0.3 is 20.5 Å². The van der Waals surface area contributed by atoms with Crippen molar-refractivity contribution >= 4 is 11.6 Å². The van der Waals surface area contributed by atoms with E-state index in [0.717, 1.165) is 66.4 Å². The van der Waals surface area contributed by atoms with Crippen molar-refractivity contribution < 1.29 is 4.79 Å². The smallest absolute Gasteiger partial charge is 0.253 e. The van der Waals surface area contributed by atoms with Crippen LogP contribution in [0.15, 0.2) is 48.7 Å². The average molecular weight is 373 g/mol. The fourth-order valence-corrected chi connectivity index (χ4v) is 3.97. The molecule has 1 saturated heterocycles. The number of nitrogens with one attached hydrogen (secondary N) is 3. The quantitative estimate of drug-likeness (QED) is 0.659. The van der Waals surface area contributed by atoms with E-state index in [0.29, 0.717) is 6.54 Å². The molecule has 142 valence electrons. The molecule has 28 heavy (non-hydrogen) atoms. The van der Waals surface area contributed by atoms with Gasteiger partial charge in [-0.15, -0.1) is 0 Å². The molecule has 0 aliphatic carbocycles.